The molecule has 124 valence electrons. The summed E-state index contributed by atoms with van der Waals surface area (Å²) >= 11 is 0. The molecule has 5 nitrogen and oxygen atoms in total. The first-order chi connectivity index (χ1) is 10.2. The summed E-state index contributed by atoms with van der Waals surface area (Å²) in [6.07, 6.45) is -4.68. The number of rotatable bonds is 7. The van der Waals surface area contributed by atoms with Crippen LogP contribution < -0.4 is 15.8 Å². The van der Waals surface area contributed by atoms with E-state index in [1.807, 2.05) is 0 Å². The minimum Gasteiger partial charge on any atom is -0.484 e. The summed E-state index contributed by atoms with van der Waals surface area (Å²) in [6, 6.07) is 4.39. The van der Waals surface area contributed by atoms with Crippen molar-refractivity contribution in [1.82, 2.24) is 0 Å². The number of nitrogens with one attached hydrogen (secondary N) is 1. The third-order valence-corrected chi connectivity index (χ3v) is 2.86. The smallest absolute Gasteiger partial charge is 0.422 e. The van der Waals surface area contributed by atoms with E-state index in [0.29, 0.717) is 11.3 Å². The highest BCUT2D eigenvalue weighted by Crippen LogP contribution is 2.24. The highest BCUT2D eigenvalue weighted by molar-refractivity contribution is 5.91. The standard InChI is InChI=1S/C14H19F3N2O3/c1-9-5-10(19-13(20)6-11(7-18)21-2)3-4-12(9)22-8-14(15,16)17/h3-5,11H,6-8,18H2,1-2H3,(H,19,20). The summed E-state index contributed by atoms with van der Waals surface area (Å²) in [5.41, 5.74) is 6.38. The summed E-state index contributed by atoms with van der Waals surface area (Å²) in [4.78, 5) is 11.8. The Bertz CT molecular complexity index is 503. The van der Waals surface area contributed by atoms with Crippen LogP contribution in [0.3, 0.4) is 0 Å². The zero-order valence-electron chi connectivity index (χ0n) is 12.4. The van der Waals surface area contributed by atoms with Gasteiger partial charge >= 0.3 is 6.18 Å². The van der Waals surface area contributed by atoms with Crippen molar-refractivity contribution in [2.75, 3.05) is 25.6 Å². The van der Waals surface area contributed by atoms with Crippen molar-refractivity contribution in [1.29, 1.82) is 0 Å². The molecule has 0 radical (unpaired) electrons. The van der Waals surface area contributed by atoms with Gasteiger partial charge in [0.05, 0.1) is 12.5 Å². The Morgan fingerprint density at radius 3 is 2.59 bits per heavy atom. The van der Waals surface area contributed by atoms with E-state index in [9.17, 15) is 18.0 Å². The van der Waals surface area contributed by atoms with Crippen molar-refractivity contribution in [3.05, 3.63) is 23.8 Å². The molecule has 0 aliphatic rings. The number of nitrogens with two attached hydrogens (primary N) is 1. The van der Waals surface area contributed by atoms with Crippen LogP contribution in [0.2, 0.25) is 0 Å². The van der Waals surface area contributed by atoms with Crippen molar-refractivity contribution in [2.45, 2.75) is 25.6 Å². The molecule has 8 heteroatoms. The van der Waals surface area contributed by atoms with Gasteiger partial charge in [0.25, 0.3) is 0 Å². The number of hydrogen-bond acceptors (Lipinski definition) is 4. The molecule has 0 saturated heterocycles. The minimum atomic E-state index is -4.39. The van der Waals surface area contributed by atoms with Gasteiger partial charge < -0.3 is 20.5 Å². The summed E-state index contributed by atoms with van der Waals surface area (Å²) < 4.78 is 46.0. The summed E-state index contributed by atoms with van der Waals surface area (Å²) in [6.45, 7) is 0.456. The van der Waals surface area contributed by atoms with Crippen LogP contribution in [-0.4, -0.2) is 38.4 Å². The first-order valence-corrected chi connectivity index (χ1v) is 6.58. The highest BCUT2D eigenvalue weighted by Gasteiger charge is 2.28. The molecule has 0 aliphatic carbocycles. The van der Waals surface area contributed by atoms with Gasteiger partial charge in [0.1, 0.15) is 5.75 Å². The molecule has 22 heavy (non-hydrogen) atoms. The zero-order chi connectivity index (χ0) is 16.8. The molecule has 1 aromatic rings. The fourth-order valence-electron chi connectivity index (χ4n) is 1.73. The number of benzene rings is 1. The Labute approximate surface area is 126 Å². The minimum absolute atomic E-state index is 0.0956. The first-order valence-electron chi connectivity index (χ1n) is 6.58. The summed E-state index contributed by atoms with van der Waals surface area (Å²) in [7, 11) is 1.46. The van der Waals surface area contributed by atoms with Gasteiger partial charge in [0, 0.05) is 19.3 Å². The normalized spacial score (nSPS) is 12.8. The predicted molar refractivity (Wildman–Crippen MR) is 75.8 cm³/mol. The fraction of sp³-hybridized carbons (Fsp3) is 0.500. The molecular formula is C14H19F3N2O3. The number of hydrogen-bond donors (Lipinski definition) is 2. The zero-order valence-corrected chi connectivity index (χ0v) is 12.4. The van der Waals surface area contributed by atoms with E-state index in [0.717, 1.165) is 0 Å². The number of aryl methyl sites for hydroxylation is 1. The molecule has 1 rings (SSSR count). The van der Waals surface area contributed by atoms with E-state index in [-0.39, 0.29) is 30.7 Å². The van der Waals surface area contributed by atoms with Crippen LogP contribution in [0, 0.1) is 6.92 Å². The van der Waals surface area contributed by atoms with Crippen LogP contribution in [0.25, 0.3) is 0 Å². The van der Waals surface area contributed by atoms with Crippen LogP contribution in [0.15, 0.2) is 18.2 Å². The maximum Gasteiger partial charge on any atom is 0.422 e. The van der Waals surface area contributed by atoms with Crippen molar-refractivity contribution in [3.63, 3.8) is 0 Å². The Morgan fingerprint density at radius 1 is 1.41 bits per heavy atom. The Kier molecular flexibility index (Phi) is 6.63. The van der Waals surface area contributed by atoms with Gasteiger partial charge in [-0.15, -0.1) is 0 Å². The molecule has 1 amide bonds. The van der Waals surface area contributed by atoms with Gasteiger partial charge in [-0.05, 0) is 30.7 Å². The highest BCUT2D eigenvalue weighted by atomic mass is 19.4. The van der Waals surface area contributed by atoms with E-state index in [1.165, 1.54) is 25.3 Å². The van der Waals surface area contributed by atoms with Gasteiger partial charge in [-0.3, -0.25) is 4.79 Å². The molecule has 1 aromatic carbocycles. The molecular weight excluding hydrogens is 301 g/mol. The van der Waals surface area contributed by atoms with Crippen LogP contribution >= 0.6 is 0 Å². The van der Waals surface area contributed by atoms with E-state index in [2.05, 4.69) is 10.1 Å². The van der Waals surface area contributed by atoms with E-state index < -0.39 is 12.8 Å². The van der Waals surface area contributed by atoms with Crippen LogP contribution in [-0.2, 0) is 9.53 Å². The SMILES string of the molecule is COC(CN)CC(=O)Nc1ccc(OCC(F)(F)F)c(C)c1. The maximum absolute atomic E-state index is 12.1. The molecule has 1 unspecified atom stereocenters. The van der Waals surface area contributed by atoms with Crippen molar-refractivity contribution < 1.29 is 27.4 Å². The molecule has 0 aliphatic heterocycles. The number of carbonyl (C=O) groups excluding carboxylic acids is 1. The maximum atomic E-state index is 12.1. The number of alkyl halides is 3. The van der Waals surface area contributed by atoms with Gasteiger partial charge in [-0.25, -0.2) is 0 Å². The van der Waals surface area contributed by atoms with Gasteiger partial charge in [-0.1, -0.05) is 0 Å². The average Bonchev–Trinajstić information content (AvgIpc) is 2.42. The lowest BCUT2D eigenvalue weighted by Crippen LogP contribution is -2.28. The predicted octanol–water partition coefficient (Wildman–Crippen LogP) is 2.24. The van der Waals surface area contributed by atoms with Gasteiger partial charge in [0.2, 0.25) is 5.91 Å². The fourth-order valence-corrected chi connectivity index (χ4v) is 1.73. The molecule has 0 heterocycles. The van der Waals surface area contributed by atoms with E-state index in [1.54, 1.807) is 6.92 Å². The molecule has 0 fully saturated rings. The Morgan fingerprint density at radius 2 is 2.09 bits per heavy atom. The number of carbonyl (C=O) groups is 1. The number of anilines is 1. The molecule has 3 N–H and O–H groups in total. The third-order valence-electron chi connectivity index (χ3n) is 2.86. The molecule has 0 bridgehead atoms. The lowest BCUT2D eigenvalue weighted by Gasteiger charge is -2.14. The number of methoxy groups -OCH3 is 1. The quantitative estimate of drug-likeness (QED) is 0.808. The Balaban J connectivity index is 2.63. The lowest BCUT2D eigenvalue weighted by molar-refractivity contribution is -0.153. The van der Waals surface area contributed by atoms with Crippen LogP contribution in [0.1, 0.15) is 12.0 Å². The van der Waals surface area contributed by atoms with Crippen LogP contribution in [0.4, 0.5) is 18.9 Å². The average molecular weight is 320 g/mol. The number of ether oxygens (including phenoxy) is 2. The molecule has 0 spiro atoms. The second-order valence-electron chi connectivity index (χ2n) is 4.73. The lowest BCUT2D eigenvalue weighted by atomic mass is 10.2. The monoisotopic (exact) mass is 320 g/mol. The first kappa shape index (κ1) is 18.2. The molecule has 0 saturated carbocycles. The largest absolute Gasteiger partial charge is 0.484 e. The topological polar surface area (TPSA) is 73.6 Å². The molecule has 1 atom stereocenters. The number of amides is 1. The summed E-state index contributed by atoms with van der Waals surface area (Å²) in [5, 5.41) is 2.63. The van der Waals surface area contributed by atoms with Crippen molar-refractivity contribution in [2.24, 2.45) is 5.73 Å². The van der Waals surface area contributed by atoms with Crippen molar-refractivity contribution in [3.8, 4) is 5.75 Å². The number of halogens is 3. The Hall–Kier alpha value is -1.80. The third kappa shape index (κ3) is 6.31. The second kappa shape index (κ2) is 8.00. The van der Waals surface area contributed by atoms with Crippen molar-refractivity contribution >= 4 is 11.6 Å². The summed E-state index contributed by atoms with van der Waals surface area (Å²) in [5.74, 6) is -0.173. The van der Waals surface area contributed by atoms with Gasteiger partial charge in [-0.2, -0.15) is 13.2 Å². The molecule has 0 aromatic heterocycles. The van der Waals surface area contributed by atoms with Crippen LogP contribution in [0.5, 0.6) is 5.75 Å². The van der Waals surface area contributed by atoms with E-state index in [4.69, 9.17) is 10.5 Å². The van der Waals surface area contributed by atoms with E-state index >= 15 is 0 Å². The van der Waals surface area contributed by atoms with Gasteiger partial charge in [0.15, 0.2) is 6.61 Å². The second-order valence-corrected chi connectivity index (χ2v) is 4.73.